The first-order valence-corrected chi connectivity index (χ1v) is 9.28. The van der Waals surface area contributed by atoms with Gasteiger partial charge in [-0.15, -0.1) is 0 Å². The number of nitrogens with zero attached hydrogens (tertiary/aromatic N) is 5. The number of rotatable bonds is 3. The van der Waals surface area contributed by atoms with Gasteiger partial charge in [-0.3, -0.25) is 4.79 Å². The first-order valence-electron chi connectivity index (χ1n) is 9.28. The smallest absolute Gasteiger partial charge is 0.285 e. The van der Waals surface area contributed by atoms with E-state index in [1.807, 2.05) is 67.7 Å². The summed E-state index contributed by atoms with van der Waals surface area (Å²) in [6.45, 7) is 3.58. The second-order valence-corrected chi connectivity index (χ2v) is 6.84. The number of para-hydroxylation sites is 2. The molecule has 3 heterocycles. The number of hydrogen-bond donors (Lipinski definition) is 1. The van der Waals surface area contributed by atoms with Crippen LogP contribution in [-0.2, 0) is 0 Å². The summed E-state index contributed by atoms with van der Waals surface area (Å²) in [5.74, 6) is 0.496. The molecule has 0 aliphatic heterocycles. The molecule has 0 aliphatic carbocycles. The van der Waals surface area contributed by atoms with E-state index in [0.717, 1.165) is 22.2 Å². The fraction of sp³-hybridized carbons (Fsp3) is 0.0909. The van der Waals surface area contributed by atoms with Gasteiger partial charge in [-0.05, 0) is 32.0 Å². The summed E-state index contributed by atoms with van der Waals surface area (Å²) in [7, 11) is 0. The van der Waals surface area contributed by atoms with Crippen molar-refractivity contribution in [3.05, 3.63) is 88.2 Å². The molecule has 7 nitrogen and oxygen atoms in total. The lowest BCUT2D eigenvalue weighted by atomic mass is 10.2. The predicted octanol–water partition coefficient (Wildman–Crippen LogP) is 3.56. The van der Waals surface area contributed by atoms with Gasteiger partial charge >= 0.3 is 0 Å². The first kappa shape index (κ1) is 17.1. The van der Waals surface area contributed by atoms with Gasteiger partial charge in [0.15, 0.2) is 5.65 Å². The van der Waals surface area contributed by atoms with E-state index in [0.29, 0.717) is 22.6 Å². The SMILES string of the molecule is Cc1nn(-c2ccccc2)c2nc(C)n(/N=C/c3c[nH]c4ccccc34)c(=O)c12. The van der Waals surface area contributed by atoms with Crippen LogP contribution in [-0.4, -0.2) is 30.6 Å². The third-order valence-electron chi connectivity index (χ3n) is 4.95. The summed E-state index contributed by atoms with van der Waals surface area (Å²) >= 11 is 0. The van der Waals surface area contributed by atoms with Crippen molar-refractivity contribution in [1.29, 1.82) is 0 Å². The Balaban J connectivity index is 1.66. The van der Waals surface area contributed by atoms with E-state index in [2.05, 4.69) is 20.2 Å². The molecule has 7 heteroatoms. The molecule has 0 atom stereocenters. The predicted molar refractivity (Wildman–Crippen MR) is 114 cm³/mol. The molecule has 1 N–H and O–H groups in total. The molecule has 0 saturated carbocycles. The molecular weight excluding hydrogens is 364 g/mol. The van der Waals surface area contributed by atoms with E-state index in [1.54, 1.807) is 17.8 Å². The third kappa shape index (κ3) is 2.75. The molecule has 5 aromatic rings. The van der Waals surface area contributed by atoms with Crippen molar-refractivity contribution >= 4 is 28.2 Å². The highest BCUT2D eigenvalue weighted by Crippen LogP contribution is 2.18. The van der Waals surface area contributed by atoms with Crippen molar-refractivity contribution in [1.82, 2.24) is 24.4 Å². The second-order valence-electron chi connectivity index (χ2n) is 6.84. The van der Waals surface area contributed by atoms with Crippen molar-refractivity contribution in [3.63, 3.8) is 0 Å². The summed E-state index contributed by atoms with van der Waals surface area (Å²) in [5, 5.41) is 10.5. The van der Waals surface area contributed by atoms with Crippen molar-refractivity contribution in [2.45, 2.75) is 13.8 Å². The Kier molecular flexibility index (Phi) is 3.87. The maximum Gasteiger partial charge on any atom is 0.285 e. The van der Waals surface area contributed by atoms with Crippen LogP contribution in [0.25, 0.3) is 27.6 Å². The average Bonchev–Trinajstić information content (AvgIpc) is 3.29. The molecule has 0 fully saturated rings. The molecule has 0 radical (unpaired) electrons. The van der Waals surface area contributed by atoms with E-state index in [-0.39, 0.29) is 5.56 Å². The quantitative estimate of drug-likeness (QED) is 0.485. The molecule has 0 aliphatic rings. The van der Waals surface area contributed by atoms with Gasteiger partial charge in [0.05, 0.1) is 17.6 Å². The molecule has 3 aromatic heterocycles. The van der Waals surface area contributed by atoms with Crippen LogP contribution >= 0.6 is 0 Å². The van der Waals surface area contributed by atoms with E-state index in [9.17, 15) is 4.79 Å². The van der Waals surface area contributed by atoms with Crippen LogP contribution in [0, 0.1) is 13.8 Å². The Morgan fingerprint density at radius 1 is 1.03 bits per heavy atom. The van der Waals surface area contributed by atoms with Crippen LogP contribution in [0.2, 0.25) is 0 Å². The number of aryl methyl sites for hydroxylation is 2. The average molecular weight is 382 g/mol. The van der Waals surface area contributed by atoms with Crippen molar-refractivity contribution in [3.8, 4) is 5.69 Å². The number of aromatic nitrogens is 5. The largest absolute Gasteiger partial charge is 0.361 e. The Hall–Kier alpha value is -4.00. The Morgan fingerprint density at radius 3 is 2.62 bits per heavy atom. The molecule has 0 saturated heterocycles. The van der Waals surface area contributed by atoms with Gasteiger partial charge in [-0.2, -0.15) is 14.9 Å². The van der Waals surface area contributed by atoms with Gasteiger partial charge in [-0.25, -0.2) is 9.67 Å². The minimum atomic E-state index is -0.233. The van der Waals surface area contributed by atoms with Crippen LogP contribution < -0.4 is 5.56 Å². The molecule has 0 unspecified atom stereocenters. The number of nitrogens with one attached hydrogen (secondary N) is 1. The Labute approximate surface area is 165 Å². The monoisotopic (exact) mass is 382 g/mol. The van der Waals surface area contributed by atoms with E-state index >= 15 is 0 Å². The topological polar surface area (TPSA) is 80.9 Å². The van der Waals surface area contributed by atoms with Gasteiger partial charge in [0, 0.05) is 22.7 Å². The first-order chi connectivity index (χ1) is 14.1. The van der Waals surface area contributed by atoms with Crippen LogP contribution in [0.4, 0.5) is 0 Å². The van der Waals surface area contributed by atoms with Gasteiger partial charge in [0.1, 0.15) is 11.2 Å². The van der Waals surface area contributed by atoms with Gasteiger partial charge in [-0.1, -0.05) is 36.4 Å². The number of hydrogen-bond acceptors (Lipinski definition) is 4. The molecule has 0 spiro atoms. The van der Waals surface area contributed by atoms with Crippen LogP contribution in [0.5, 0.6) is 0 Å². The van der Waals surface area contributed by atoms with Crippen molar-refractivity contribution in [2.24, 2.45) is 5.10 Å². The zero-order chi connectivity index (χ0) is 20.0. The van der Waals surface area contributed by atoms with E-state index in [1.165, 1.54) is 4.68 Å². The lowest BCUT2D eigenvalue weighted by Gasteiger charge is -2.05. The number of aromatic amines is 1. The molecule has 142 valence electrons. The Bertz CT molecular complexity index is 1440. The maximum atomic E-state index is 13.2. The zero-order valence-electron chi connectivity index (χ0n) is 16.0. The summed E-state index contributed by atoms with van der Waals surface area (Å²) in [6, 6.07) is 17.6. The Morgan fingerprint density at radius 2 is 1.79 bits per heavy atom. The molecule has 0 bridgehead atoms. The molecule has 2 aromatic carbocycles. The maximum absolute atomic E-state index is 13.2. The lowest BCUT2D eigenvalue weighted by molar-refractivity contribution is 0.765. The normalized spacial score (nSPS) is 11.8. The highest BCUT2D eigenvalue weighted by Gasteiger charge is 2.17. The molecule has 0 amide bonds. The van der Waals surface area contributed by atoms with Gasteiger partial charge in [0.2, 0.25) is 0 Å². The summed E-state index contributed by atoms with van der Waals surface area (Å²) in [6.07, 6.45) is 3.55. The van der Waals surface area contributed by atoms with Gasteiger partial charge in [0.25, 0.3) is 5.56 Å². The number of fused-ring (bicyclic) bond motifs is 2. The molecular formula is C22H18N6O. The summed E-state index contributed by atoms with van der Waals surface area (Å²) in [4.78, 5) is 21.0. The second kappa shape index (κ2) is 6.56. The highest BCUT2D eigenvalue weighted by atomic mass is 16.1. The van der Waals surface area contributed by atoms with E-state index < -0.39 is 0 Å². The summed E-state index contributed by atoms with van der Waals surface area (Å²) in [5.41, 5.74) is 3.71. The molecule has 29 heavy (non-hydrogen) atoms. The minimum absolute atomic E-state index is 0.233. The van der Waals surface area contributed by atoms with Crippen molar-refractivity contribution < 1.29 is 0 Å². The van der Waals surface area contributed by atoms with Crippen LogP contribution in [0.15, 0.2) is 70.7 Å². The lowest BCUT2D eigenvalue weighted by Crippen LogP contribution is -2.21. The highest BCUT2D eigenvalue weighted by molar-refractivity contribution is 5.98. The number of H-pyrrole nitrogens is 1. The summed E-state index contributed by atoms with van der Waals surface area (Å²) < 4.78 is 3.03. The van der Waals surface area contributed by atoms with Crippen molar-refractivity contribution in [2.75, 3.05) is 0 Å². The van der Waals surface area contributed by atoms with Crippen LogP contribution in [0.1, 0.15) is 17.1 Å². The van der Waals surface area contributed by atoms with E-state index in [4.69, 9.17) is 0 Å². The third-order valence-corrected chi connectivity index (χ3v) is 4.95. The standard InChI is InChI=1S/C22H18N6O/c1-14-20-21(28(26-14)17-8-4-3-5-9-17)25-15(2)27(22(20)29)24-13-16-12-23-19-11-7-6-10-18(16)19/h3-13,23H,1-2H3/b24-13+. The number of benzene rings is 2. The fourth-order valence-corrected chi connectivity index (χ4v) is 3.53. The van der Waals surface area contributed by atoms with Crippen LogP contribution in [0.3, 0.4) is 0 Å². The zero-order valence-corrected chi connectivity index (χ0v) is 16.0. The minimum Gasteiger partial charge on any atom is -0.361 e. The molecule has 5 rings (SSSR count). The van der Waals surface area contributed by atoms with Gasteiger partial charge < -0.3 is 4.98 Å². The fourth-order valence-electron chi connectivity index (χ4n) is 3.53.